The number of hydrogen-bond donors (Lipinski definition) is 3. The van der Waals surface area contributed by atoms with E-state index in [0.29, 0.717) is 0 Å². The number of hydrogen-bond acceptors (Lipinski definition) is 38. The molecule has 1 aromatic heterocycles. The molecule has 0 radical (unpaired) electrons. The maximum Gasteiger partial charge on any atom is 0.0701 e. The van der Waals surface area contributed by atoms with E-state index in [0.717, 1.165) is 5.52 Å². The molecule has 0 bridgehead atoms. The molecule has 1 aromatic carbocycles. The van der Waals surface area contributed by atoms with Crippen LogP contribution in [0.1, 0.15) is 0 Å². The Morgan fingerprint density at radius 2 is 0.587 bits per heavy atom. The zero-order valence-electron chi connectivity index (χ0n) is 27.3. The van der Waals surface area contributed by atoms with Crippen LogP contribution < -0.4 is 0 Å². The van der Waals surface area contributed by atoms with E-state index in [1.165, 1.54) is 5.39 Å². The van der Waals surface area contributed by atoms with Crippen molar-refractivity contribution in [2.24, 2.45) is 0 Å². The molecule has 0 spiro atoms. The van der Waals surface area contributed by atoms with E-state index in [1.807, 2.05) is 30.5 Å². The summed E-state index contributed by atoms with van der Waals surface area (Å²) in [6, 6.07) is 12.1. The second kappa shape index (κ2) is 22.4. The van der Waals surface area contributed by atoms with Crippen molar-refractivity contribution in [3.05, 3.63) is 42.6 Å². The Kier molecular flexibility index (Phi) is 22.3. The van der Waals surface area contributed by atoms with Crippen LogP contribution in [0.5, 0.6) is 0 Å². The summed E-state index contributed by atoms with van der Waals surface area (Å²) in [6.07, 6.45) is 1.81. The number of nitrogens with zero attached hydrogens (tertiary/aromatic N) is 1. The van der Waals surface area contributed by atoms with Gasteiger partial charge in [-0.05, 0) is 12.1 Å². The fourth-order valence-corrected chi connectivity index (χ4v) is 61.4. The fraction of sp³-hybridized carbons (Fsp3) is 0. The zero-order valence-corrected chi connectivity index (χ0v) is 52.3. The molecule has 0 saturated carbocycles. The smallest absolute Gasteiger partial charge is 0.0701 e. The van der Waals surface area contributed by atoms with Crippen molar-refractivity contribution in [3.63, 3.8) is 0 Å². The molecule has 1 heterocycles. The summed E-state index contributed by atoms with van der Waals surface area (Å²) in [4.78, 5) is 4.18. The first kappa shape index (κ1) is 62.7. The average Bonchev–Trinajstić information content (AvgIpc) is 2.87. The second-order valence-electron chi connectivity index (χ2n) is 8.44. The molecule has 0 aliphatic carbocycles. The second-order valence-corrected chi connectivity index (χ2v) is 58.3. The van der Waals surface area contributed by atoms with Gasteiger partial charge in [-0.1, -0.05) is 24.3 Å². The van der Waals surface area contributed by atoms with Gasteiger partial charge in [0.1, 0.15) is 0 Å². The summed E-state index contributed by atoms with van der Waals surface area (Å²) in [5.74, 6) is 0. The summed E-state index contributed by atoms with van der Waals surface area (Å²) in [5, 5.41) is 1.20. The van der Waals surface area contributed by atoms with Gasteiger partial charge >= 0.3 is 334 Å². The minimum Gasteiger partial charge on any atom is -0.256 e. The Balaban J connectivity index is 0.00000170. The molecule has 63 heavy (non-hydrogen) atoms. The van der Waals surface area contributed by atoms with Crippen LogP contribution in [-0.4, -0.2) is 16.3 Å². The third kappa shape index (κ3) is 28.9. The Hall–Kier alpha value is 1.72. The molecule has 0 aliphatic rings. The number of rotatable bonds is 24. The van der Waals surface area contributed by atoms with Crippen LogP contribution in [0.3, 0.4) is 0 Å². The monoisotopic (exact) mass is 1980 g/mol. The minimum absolute atomic E-state index is 1.06. The summed E-state index contributed by atoms with van der Waals surface area (Å²) in [6.45, 7) is 0. The Morgan fingerprint density at radius 1 is 0.349 bits per heavy atom. The van der Waals surface area contributed by atoms with Crippen LogP contribution in [-0.2, 0) is 315 Å². The number of phosphoric acid groups is 1. The molecule has 0 aliphatic heterocycles. The summed E-state index contributed by atoms with van der Waals surface area (Å²) < 4.78 is 347. The zero-order chi connectivity index (χ0) is 49.8. The Bertz CT molecular complexity index is 3110. The van der Waals surface area contributed by atoms with Crippen LogP contribution in [0.25, 0.3) is 10.9 Å². The van der Waals surface area contributed by atoms with E-state index >= 15 is 0 Å². The SMILES string of the molecule is O=P([O][Mo](=[O])(=[O])[O][Mo](=[O])(=[O])[O][Mo](=[O])(=[O])[O][Mo](=[O])(=[O])[OH])([O][Mo](=[O])(=[O])[O][Mo](=[O])(=[O])[O][Mo](=[O])(=[O])[O][Mo](=[O])(=[O])[OH])[O][Mo](=[O])(=[O])[O][Mo](=[O])(=[O])[O][Mo](=[O])(=[O])[O][Mo](=[O])(=[O])[OH].c1ccc2ncccc2c1. The molecule has 54 heteroatoms. The fourth-order valence-electron chi connectivity index (χ4n) is 2.42. The molecule has 368 valence electrons. The van der Waals surface area contributed by atoms with Gasteiger partial charge in [-0.15, -0.1) is 0 Å². The minimum atomic E-state index is -8.79. The van der Waals surface area contributed by atoms with Crippen LogP contribution in [0.15, 0.2) is 42.6 Å². The molecule has 2 rings (SSSR count). The van der Waals surface area contributed by atoms with Gasteiger partial charge in [-0.2, -0.15) is 0 Å². The summed E-state index contributed by atoms with van der Waals surface area (Å²) in [5.41, 5.74) is 1.06. The normalized spacial score (nSPS) is 14.7. The number of fused-ring (bicyclic) bond motifs is 1. The molecule has 0 amide bonds. The van der Waals surface area contributed by atoms with Crippen molar-refractivity contribution >= 4 is 18.7 Å². The van der Waals surface area contributed by atoms with Crippen LogP contribution in [0, 0.1) is 0 Å². The van der Waals surface area contributed by atoms with Crippen molar-refractivity contribution in [3.8, 4) is 0 Å². The molecule has 41 nitrogen and oxygen atoms in total. The molecule has 0 atom stereocenters. The molecule has 0 unspecified atom stereocenters. The maximum absolute atomic E-state index is 12.8. The van der Waals surface area contributed by atoms with E-state index in [-0.39, 0.29) is 0 Å². The van der Waals surface area contributed by atoms with Crippen LogP contribution in [0.4, 0.5) is 0 Å². The van der Waals surface area contributed by atoms with E-state index in [2.05, 4.69) is 45.0 Å². The Labute approximate surface area is 385 Å². The van der Waals surface area contributed by atoms with Gasteiger partial charge in [0.15, 0.2) is 0 Å². The van der Waals surface area contributed by atoms with Crippen molar-refractivity contribution in [2.45, 2.75) is 0 Å². The van der Waals surface area contributed by atoms with E-state index in [4.69, 9.17) is 11.3 Å². The maximum atomic E-state index is 12.8. The first-order chi connectivity index (χ1) is 27.5. The van der Waals surface area contributed by atoms with Crippen molar-refractivity contribution in [1.29, 1.82) is 0 Å². The van der Waals surface area contributed by atoms with Crippen molar-refractivity contribution in [2.75, 3.05) is 0 Å². The number of para-hydroxylation sites is 1. The summed E-state index contributed by atoms with van der Waals surface area (Å²) in [7, 11) is -7.91. The van der Waals surface area contributed by atoms with Gasteiger partial charge < -0.3 is 0 Å². The van der Waals surface area contributed by atoms with E-state index in [1.54, 1.807) is 0 Å². The van der Waals surface area contributed by atoms with Gasteiger partial charge in [-0.3, -0.25) is 4.98 Å². The third-order valence-corrected chi connectivity index (χ3v) is 64.0. The molecular weight excluding hydrogens is 1940 g/mol. The predicted molar refractivity (Wildman–Crippen MR) is 85.5 cm³/mol. The van der Waals surface area contributed by atoms with Gasteiger partial charge in [0.2, 0.25) is 0 Å². The molecular formula is C9H10Mo12NO40P. The first-order valence-electron chi connectivity index (χ1n) is 12.0. The largest absolute Gasteiger partial charge is 0.256 e. The van der Waals surface area contributed by atoms with Crippen molar-refractivity contribution in [1.82, 2.24) is 4.98 Å². The third-order valence-electron chi connectivity index (χ3n) is 3.57. The quantitative estimate of drug-likeness (QED) is 0.0729. The van der Waals surface area contributed by atoms with Crippen LogP contribution in [0.2, 0.25) is 0 Å². The van der Waals surface area contributed by atoms with Gasteiger partial charge in [-0.25, -0.2) is 0 Å². The predicted octanol–water partition coefficient (Wildman–Crippen LogP) is -2.40. The number of aromatic nitrogens is 1. The Morgan fingerprint density at radius 3 is 0.857 bits per heavy atom. The first-order valence-corrected chi connectivity index (χ1v) is 53.1. The average molecular weight is 1950 g/mol. The van der Waals surface area contributed by atoms with Crippen molar-refractivity contribution < 1.29 is 326 Å². The van der Waals surface area contributed by atoms with Crippen LogP contribution >= 0.6 is 7.82 Å². The molecule has 0 saturated heterocycles. The number of pyridine rings is 1. The summed E-state index contributed by atoms with van der Waals surface area (Å²) >= 11 is -97.4. The molecule has 2 aromatic rings. The van der Waals surface area contributed by atoms with Gasteiger partial charge in [0.25, 0.3) is 0 Å². The standard InChI is InChI=1S/C9H7N.12Mo.H3O4P.3H2O.33O/c1-2-6-9-8(4-1)5-3-7-10-9;;;;;;;;;;;;;1-5(2,3)4;;;;;;;;;;;;;;;;;;;;;;;;;;;;;;;;;;;;/h1-7H;;;;;;;;;;;;;(H3,1,2,3,4);3*1H2;;;;;;;;;;;;;;;;;;;;;;;;;;;;;;;;;/q;;;;;;;6*+1;;;;;;;;;;;;;;;;;;;;;;;;;;;;;;;;;;;;;/p-6. The van der Waals surface area contributed by atoms with E-state index in [9.17, 15) is 86.1 Å². The van der Waals surface area contributed by atoms with Gasteiger partial charge in [0.05, 0.1) is 5.52 Å². The molecule has 0 fully saturated rings. The molecule has 3 N–H and O–H groups in total. The van der Waals surface area contributed by atoms with E-state index < -0.39 is 209 Å². The number of benzene rings is 1. The van der Waals surface area contributed by atoms with Gasteiger partial charge in [0, 0.05) is 11.6 Å². The topological polar surface area (TPSA) is 611 Å².